The van der Waals surface area contributed by atoms with E-state index in [0.717, 1.165) is 45.5 Å². The minimum atomic E-state index is 1.12. The lowest BCUT2D eigenvalue weighted by Crippen LogP contribution is -1.94. The standard InChI is InChI=1S/3C14H15N.C13H13N.C12H11N/c1-11-3-7-13(8-4-11)15-14-9-5-12(2)6-10-14;1-11-5-3-7-13(9-11)15-14-8-4-6-12(2)10-14;1-11-7-3-5-9-13(11)15-14-10-6-4-8-12(14)2;1-11-7-9-13(10-8-11)14-12-5-3-2-4-6-12;1-3-7-11(8-4-1)13-12-9-5-2-6-10-12/h3*3-10,15H,1-2H3;2-10,14H,1H3;1-10,13H. The van der Waals surface area contributed by atoms with Crippen molar-refractivity contribution < 1.29 is 0 Å². The Kier molecular flexibility index (Phi) is 20.9. The zero-order valence-electron chi connectivity index (χ0n) is 42.8. The monoisotopic (exact) mass is 944 g/mol. The van der Waals surface area contributed by atoms with Crippen LogP contribution in [0.2, 0.25) is 0 Å². The van der Waals surface area contributed by atoms with E-state index in [1.807, 2.05) is 91.0 Å². The second kappa shape index (κ2) is 28.6. The van der Waals surface area contributed by atoms with Crippen LogP contribution in [0.1, 0.15) is 38.9 Å². The Balaban J connectivity index is 0.000000147. The molecule has 0 spiro atoms. The highest BCUT2D eigenvalue weighted by atomic mass is 14.9. The first-order chi connectivity index (χ1) is 35.0. The topological polar surface area (TPSA) is 60.1 Å². The fraction of sp³-hybridized carbons (Fsp3) is 0.104. The lowest BCUT2D eigenvalue weighted by molar-refractivity contribution is 1.39. The molecular weight excluding hydrogens is 875 g/mol. The van der Waals surface area contributed by atoms with Crippen molar-refractivity contribution in [2.75, 3.05) is 26.6 Å². The maximum atomic E-state index is 3.44. The first-order valence-corrected chi connectivity index (χ1v) is 24.5. The zero-order valence-corrected chi connectivity index (χ0v) is 42.8. The second-order valence-electron chi connectivity index (χ2n) is 17.7. The van der Waals surface area contributed by atoms with Crippen LogP contribution in [0, 0.1) is 48.5 Å². The van der Waals surface area contributed by atoms with E-state index in [4.69, 9.17) is 0 Å². The maximum absolute atomic E-state index is 3.44. The van der Waals surface area contributed by atoms with E-state index in [-0.39, 0.29) is 0 Å². The molecule has 0 aliphatic heterocycles. The molecular formula is C67H69N5. The fourth-order valence-corrected chi connectivity index (χ4v) is 7.16. The third-order valence-corrected chi connectivity index (χ3v) is 11.2. The van der Waals surface area contributed by atoms with Gasteiger partial charge in [-0.05, 0) is 180 Å². The number of para-hydroxylation sites is 5. The van der Waals surface area contributed by atoms with Gasteiger partial charge in [0.15, 0.2) is 0 Å². The Labute approximate surface area is 429 Å². The highest BCUT2D eigenvalue weighted by molar-refractivity contribution is 5.66. The molecule has 5 nitrogen and oxygen atoms in total. The number of rotatable bonds is 10. The minimum absolute atomic E-state index is 1.12. The van der Waals surface area contributed by atoms with Crippen LogP contribution in [-0.4, -0.2) is 0 Å². The lowest BCUT2D eigenvalue weighted by Gasteiger charge is -2.11. The Bertz CT molecular complexity index is 2910. The molecule has 72 heavy (non-hydrogen) atoms. The number of aryl methyl sites for hydroxylation is 7. The summed E-state index contributed by atoms with van der Waals surface area (Å²) in [6.07, 6.45) is 0. The van der Waals surface area contributed by atoms with Crippen LogP contribution in [0.3, 0.4) is 0 Å². The smallest absolute Gasteiger partial charge is 0.0413 e. The highest BCUT2D eigenvalue weighted by Crippen LogP contribution is 2.23. The Morgan fingerprint density at radius 3 is 0.722 bits per heavy atom. The SMILES string of the molecule is Cc1ccc(Nc2ccc(C)cc2)cc1.Cc1ccc(Nc2ccccc2)cc1.Cc1cccc(Nc2cccc(C)c2)c1.Cc1ccccc1Nc1ccccc1C.c1ccc(Nc2ccccc2)cc1. The van der Waals surface area contributed by atoms with E-state index < -0.39 is 0 Å². The number of benzene rings is 10. The van der Waals surface area contributed by atoms with Crippen molar-refractivity contribution in [3.05, 3.63) is 300 Å². The van der Waals surface area contributed by atoms with Crippen molar-refractivity contribution >= 4 is 56.9 Å². The van der Waals surface area contributed by atoms with Crippen molar-refractivity contribution in [1.29, 1.82) is 0 Å². The van der Waals surface area contributed by atoms with Crippen molar-refractivity contribution in [3.8, 4) is 0 Å². The molecule has 0 heterocycles. The van der Waals surface area contributed by atoms with Gasteiger partial charge in [-0.3, -0.25) is 0 Å². The molecule has 0 amide bonds. The molecule has 0 unspecified atom stereocenters. The van der Waals surface area contributed by atoms with Gasteiger partial charge in [0, 0.05) is 56.9 Å². The number of hydrogen-bond acceptors (Lipinski definition) is 5. The molecule has 362 valence electrons. The quantitative estimate of drug-likeness (QED) is 0.0946. The summed E-state index contributed by atoms with van der Waals surface area (Å²) in [7, 11) is 0. The summed E-state index contributed by atoms with van der Waals surface area (Å²) in [5.74, 6) is 0. The molecule has 0 bridgehead atoms. The first-order valence-electron chi connectivity index (χ1n) is 24.5. The number of nitrogens with one attached hydrogen (secondary N) is 5. The van der Waals surface area contributed by atoms with E-state index in [9.17, 15) is 0 Å². The molecule has 0 aliphatic rings. The summed E-state index contributed by atoms with van der Waals surface area (Å²) in [5.41, 5.74) is 20.3. The zero-order chi connectivity index (χ0) is 50.8. The van der Waals surface area contributed by atoms with E-state index >= 15 is 0 Å². The largest absolute Gasteiger partial charge is 0.356 e. The summed E-state index contributed by atoms with van der Waals surface area (Å²) in [6.45, 7) is 14.7. The van der Waals surface area contributed by atoms with Crippen LogP contribution >= 0.6 is 0 Å². The van der Waals surface area contributed by atoms with Gasteiger partial charge in [-0.1, -0.05) is 168 Å². The van der Waals surface area contributed by atoms with Gasteiger partial charge in [0.2, 0.25) is 0 Å². The van der Waals surface area contributed by atoms with E-state index in [0.29, 0.717) is 0 Å². The lowest BCUT2D eigenvalue weighted by atomic mass is 10.1. The van der Waals surface area contributed by atoms with Crippen molar-refractivity contribution in [3.63, 3.8) is 0 Å². The molecule has 0 saturated heterocycles. The van der Waals surface area contributed by atoms with Crippen molar-refractivity contribution in [2.24, 2.45) is 0 Å². The van der Waals surface area contributed by atoms with Gasteiger partial charge in [-0.2, -0.15) is 0 Å². The molecule has 0 aliphatic carbocycles. The fourth-order valence-electron chi connectivity index (χ4n) is 7.16. The molecule has 0 aromatic heterocycles. The van der Waals surface area contributed by atoms with Gasteiger partial charge in [0.05, 0.1) is 0 Å². The summed E-state index contributed by atoms with van der Waals surface area (Å²) in [6, 6.07) is 89.0. The third-order valence-electron chi connectivity index (χ3n) is 11.2. The number of hydrogen-bond donors (Lipinski definition) is 5. The second-order valence-corrected chi connectivity index (χ2v) is 17.7. The van der Waals surface area contributed by atoms with Gasteiger partial charge >= 0.3 is 0 Å². The summed E-state index contributed by atoms with van der Waals surface area (Å²) in [4.78, 5) is 0. The predicted octanol–water partition coefficient (Wildman–Crippen LogP) is 19.3. The van der Waals surface area contributed by atoms with E-state index in [1.54, 1.807) is 0 Å². The minimum Gasteiger partial charge on any atom is -0.356 e. The van der Waals surface area contributed by atoms with Crippen molar-refractivity contribution in [1.82, 2.24) is 0 Å². The molecule has 0 fully saturated rings. The molecule has 0 atom stereocenters. The van der Waals surface area contributed by atoms with Crippen molar-refractivity contribution in [2.45, 2.75) is 48.5 Å². The Morgan fingerprint density at radius 1 is 0.181 bits per heavy atom. The predicted molar refractivity (Wildman–Crippen MR) is 314 cm³/mol. The Morgan fingerprint density at radius 2 is 0.431 bits per heavy atom. The molecule has 10 aromatic carbocycles. The normalized spacial score (nSPS) is 9.88. The summed E-state index contributed by atoms with van der Waals surface area (Å²) in [5, 5.41) is 16.8. The average molecular weight is 944 g/mol. The average Bonchev–Trinajstić information content (AvgIpc) is 3.39. The number of anilines is 10. The van der Waals surface area contributed by atoms with Gasteiger partial charge in [0.25, 0.3) is 0 Å². The molecule has 0 saturated carbocycles. The van der Waals surface area contributed by atoms with Crippen LogP contribution in [0.15, 0.2) is 261 Å². The molecule has 5 heteroatoms. The van der Waals surface area contributed by atoms with Crippen LogP contribution in [0.25, 0.3) is 0 Å². The van der Waals surface area contributed by atoms with Crippen LogP contribution in [0.5, 0.6) is 0 Å². The van der Waals surface area contributed by atoms with Gasteiger partial charge < -0.3 is 26.6 Å². The summed E-state index contributed by atoms with van der Waals surface area (Å²) >= 11 is 0. The van der Waals surface area contributed by atoms with E-state index in [1.165, 1.54) is 50.3 Å². The van der Waals surface area contributed by atoms with E-state index in [2.05, 4.69) is 245 Å². The van der Waals surface area contributed by atoms with Gasteiger partial charge in [-0.15, -0.1) is 0 Å². The first kappa shape index (κ1) is 52.6. The Hall–Kier alpha value is -8.80. The van der Waals surface area contributed by atoms with Crippen LogP contribution in [-0.2, 0) is 0 Å². The van der Waals surface area contributed by atoms with Crippen LogP contribution in [0.4, 0.5) is 56.9 Å². The van der Waals surface area contributed by atoms with Gasteiger partial charge in [0.1, 0.15) is 0 Å². The maximum Gasteiger partial charge on any atom is 0.0413 e. The summed E-state index contributed by atoms with van der Waals surface area (Å²) < 4.78 is 0. The van der Waals surface area contributed by atoms with Gasteiger partial charge in [-0.25, -0.2) is 0 Å². The molecule has 10 rings (SSSR count). The molecule has 5 N–H and O–H groups in total. The highest BCUT2D eigenvalue weighted by Gasteiger charge is 2.00. The molecule has 0 radical (unpaired) electrons. The third kappa shape index (κ3) is 19.3. The molecule has 10 aromatic rings. The van der Waals surface area contributed by atoms with Crippen LogP contribution < -0.4 is 26.6 Å².